The lowest BCUT2D eigenvalue weighted by Gasteiger charge is -2.32. The maximum Gasteiger partial charge on any atom is 0.254 e. The summed E-state index contributed by atoms with van der Waals surface area (Å²) in [6, 6.07) is 28.7. The van der Waals surface area contributed by atoms with E-state index in [2.05, 4.69) is 9.97 Å². The molecule has 4 aromatic carbocycles. The zero-order valence-corrected chi connectivity index (χ0v) is 42.1. The Morgan fingerprint density at radius 1 is 0.597 bits per heavy atom. The van der Waals surface area contributed by atoms with Crippen molar-refractivity contribution in [1.29, 1.82) is 0 Å². The number of allylic oxidation sites excluding steroid dienone is 1. The number of aryl methyl sites for hydroxylation is 2. The Hall–Kier alpha value is -8.93. The number of fused-ring (bicyclic) bond motifs is 8. The Morgan fingerprint density at radius 2 is 1.06 bits per heavy atom. The van der Waals surface area contributed by atoms with E-state index in [0.29, 0.717) is 59.9 Å². The summed E-state index contributed by atoms with van der Waals surface area (Å²) in [6.07, 6.45) is 14.5. The fourth-order valence-electron chi connectivity index (χ4n) is 11.4. The van der Waals surface area contributed by atoms with E-state index in [1.807, 2.05) is 99.9 Å². The Balaban J connectivity index is 0.000000133. The molecule has 6 aliphatic heterocycles. The van der Waals surface area contributed by atoms with Crippen LogP contribution in [0.4, 0.5) is 0 Å². The number of ether oxygens (including phenoxy) is 4. The van der Waals surface area contributed by atoms with Crippen LogP contribution in [0.3, 0.4) is 0 Å². The van der Waals surface area contributed by atoms with E-state index >= 15 is 0 Å². The summed E-state index contributed by atoms with van der Waals surface area (Å²) in [7, 11) is 3.78. The minimum atomic E-state index is -0.361. The van der Waals surface area contributed by atoms with Crippen LogP contribution in [0.5, 0.6) is 23.0 Å². The maximum absolute atomic E-state index is 13.2. The number of phenolic OH excluding ortho intramolecular Hbond substituents is 2. The number of pyridine rings is 2. The molecule has 2 N–H and O–H groups in total. The third kappa shape index (κ3) is 9.16. The molecule has 4 bridgehead atoms. The van der Waals surface area contributed by atoms with Gasteiger partial charge in [0.1, 0.15) is 45.4 Å². The van der Waals surface area contributed by atoms with Crippen molar-refractivity contribution in [2.24, 2.45) is 14.1 Å². The smallest absolute Gasteiger partial charge is 0.254 e. The van der Waals surface area contributed by atoms with E-state index in [9.17, 15) is 34.2 Å². The normalized spacial score (nSPS) is 20.3. The number of carbonyl (C=O) groups excluding carboxylic acids is 5. The van der Waals surface area contributed by atoms with Crippen LogP contribution in [0.15, 0.2) is 128 Å². The number of rotatable bonds is 6. The summed E-state index contributed by atoms with van der Waals surface area (Å²) >= 11 is 0. The number of aromatic hydroxyl groups is 2. The lowest BCUT2D eigenvalue weighted by Crippen LogP contribution is -2.45. The molecule has 4 atom stereocenters. The zero-order valence-electron chi connectivity index (χ0n) is 42.1. The van der Waals surface area contributed by atoms with Crippen LogP contribution in [-0.2, 0) is 23.6 Å². The molecule has 17 heteroatoms. The van der Waals surface area contributed by atoms with Crippen LogP contribution < -0.4 is 9.47 Å². The highest BCUT2D eigenvalue weighted by Gasteiger charge is 2.38. The molecule has 14 rings (SSSR count). The number of benzene rings is 4. The van der Waals surface area contributed by atoms with Crippen LogP contribution in [0.1, 0.15) is 83.0 Å². The lowest BCUT2D eigenvalue weighted by atomic mass is 9.99. The first-order chi connectivity index (χ1) is 37.4. The standard InChI is InChI=1S/C30H25N3O5.C22H21N3O3.C8H6O3/c1-32-14-19(13-25-28(35)27-23(34)3-2-4-24(27)38-25)26-22(11-12-31-29(26)32)17-5-7-18(8-6-17)30(36)33-15-20-9-10-21(16-33)37-20;1-24-10-16(13-26)20-19(8-9-23-21(20)24)14-2-4-15(5-3-14)22(27)25-11-17-6-7-18(12-25)28-17;9-5-2-1-3-7-8(5)6(10)4-11-7/h2-8,11-14,20-21,34H,9-10,15-16H2,1H3;2-5,8-10,13,17-18H,6-7,11-12H2,1H3;1-3,9H,4H2/b25-13-;;. The average Bonchev–Trinajstić information content (AvgIpc) is 4.32. The number of likely N-dealkylation sites (tertiary alicyclic amines) is 2. The topological polar surface area (TPSA) is 205 Å². The number of amides is 2. The first kappa shape index (κ1) is 49.0. The molecular weight excluding hydrogens is 981 g/mol. The highest BCUT2D eigenvalue weighted by Crippen LogP contribution is 2.40. The fourth-order valence-corrected chi connectivity index (χ4v) is 11.4. The first-order valence-corrected chi connectivity index (χ1v) is 25.6. The van der Waals surface area contributed by atoms with Crippen molar-refractivity contribution >= 4 is 57.8 Å². The Morgan fingerprint density at radius 3 is 1.55 bits per heavy atom. The van der Waals surface area contributed by atoms with Gasteiger partial charge in [0.25, 0.3) is 11.8 Å². The van der Waals surface area contributed by atoms with Gasteiger partial charge in [-0.15, -0.1) is 0 Å². The largest absolute Gasteiger partial charge is 0.507 e. The predicted octanol–water partition coefficient (Wildman–Crippen LogP) is 8.59. The quantitative estimate of drug-likeness (QED) is 0.118. The summed E-state index contributed by atoms with van der Waals surface area (Å²) in [4.78, 5) is 74.3. The second kappa shape index (κ2) is 20.0. The molecule has 388 valence electrons. The molecule has 4 unspecified atom stereocenters. The van der Waals surface area contributed by atoms with E-state index in [0.717, 1.165) is 81.9 Å². The molecule has 4 aromatic heterocycles. The minimum absolute atomic E-state index is 0.00463. The zero-order chi connectivity index (χ0) is 53.1. The van der Waals surface area contributed by atoms with Gasteiger partial charge in [-0.3, -0.25) is 24.0 Å². The van der Waals surface area contributed by atoms with E-state index in [1.165, 1.54) is 12.1 Å². The molecule has 4 saturated heterocycles. The number of hydrogen-bond acceptors (Lipinski definition) is 13. The van der Waals surface area contributed by atoms with Crippen LogP contribution in [0.2, 0.25) is 0 Å². The second-order valence-electron chi connectivity index (χ2n) is 20.1. The van der Waals surface area contributed by atoms with Crippen molar-refractivity contribution in [2.45, 2.75) is 50.1 Å². The number of Topliss-reactive ketones (excluding diaryl/α,β-unsaturated/α-hetero) is 2. The molecule has 8 aromatic rings. The highest BCUT2D eigenvalue weighted by molar-refractivity contribution is 6.17. The number of morpholine rings is 2. The van der Waals surface area contributed by atoms with Crippen LogP contribution in [0.25, 0.3) is 50.4 Å². The lowest BCUT2D eigenvalue weighted by molar-refractivity contribution is -0.0303. The van der Waals surface area contributed by atoms with Gasteiger partial charge in [-0.1, -0.05) is 36.4 Å². The minimum Gasteiger partial charge on any atom is -0.507 e. The molecule has 0 spiro atoms. The van der Waals surface area contributed by atoms with E-state index < -0.39 is 0 Å². The summed E-state index contributed by atoms with van der Waals surface area (Å²) in [5.41, 5.74) is 8.48. The Bertz CT molecular complexity index is 3710. The maximum atomic E-state index is 13.2. The van der Waals surface area contributed by atoms with Crippen LogP contribution >= 0.6 is 0 Å². The SMILES string of the molecule is Cn1cc(/C=C2\Oc3cccc(O)c3C2=O)c2c(-c3ccc(C(=O)N4CC5CCC(C4)O5)cc3)ccnc21.Cn1cc(C=O)c2c(-c3ccc(C(=O)N4CC5CCC(C4)O5)cc3)ccnc21.O=C1COc2cccc(O)c21. The third-order valence-corrected chi connectivity index (χ3v) is 15.1. The van der Waals surface area contributed by atoms with E-state index in [-0.39, 0.29) is 77.2 Å². The third-order valence-electron chi connectivity index (χ3n) is 15.1. The molecule has 2 amide bonds. The van der Waals surface area contributed by atoms with Gasteiger partial charge in [-0.25, -0.2) is 9.97 Å². The molecular formula is C60H52N6O11. The van der Waals surface area contributed by atoms with Crippen molar-refractivity contribution in [1.82, 2.24) is 28.9 Å². The van der Waals surface area contributed by atoms with Crippen molar-refractivity contribution < 1.29 is 53.1 Å². The first-order valence-electron chi connectivity index (χ1n) is 25.6. The van der Waals surface area contributed by atoms with Gasteiger partial charge < -0.3 is 48.1 Å². The molecule has 0 radical (unpaired) electrons. The number of nitrogens with zero attached hydrogens (tertiary/aromatic N) is 6. The second-order valence-corrected chi connectivity index (χ2v) is 20.1. The van der Waals surface area contributed by atoms with Gasteiger partial charge in [0.05, 0.1) is 24.4 Å². The highest BCUT2D eigenvalue weighted by atomic mass is 16.5. The van der Waals surface area contributed by atoms with Crippen molar-refractivity contribution in [3.63, 3.8) is 0 Å². The van der Waals surface area contributed by atoms with Gasteiger partial charge in [0, 0.05) is 98.1 Å². The fraction of sp³-hybridized carbons (Fsp3) is 0.250. The van der Waals surface area contributed by atoms with Crippen molar-refractivity contribution in [2.75, 3.05) is 32.8 Å². The number of phenols is 2. The number of hydrogen-bond donors (Lipinski definition) is 2. The molecule has 0 saturated carbocycles. The average molecular weight is 1030 g/mol. The Labute approximate surface area is 441 Å². The van der Waals surface area contributed by atoms with Crippen molar-refractivity contribution in [3.05, 3.63) is 161 Å². The summed E-state index contributed by atoms with van der Waals surface area (Å²) in [5, 5.41) is 21.1. The molecule has 0 aliphatic carbocycles. The van der Waals surface area contributed by atoms with Crippen LogP contribution in [0, 0.1) is 0 Å². The van der Waals surface area contributed by atoms with E-state index in [4.69, 9.17) is 18.9 Å². The molecule has 4 fully saturated rings. The van der Waals surface area contributed by atoms with Crippen molar-refractivity contribution in [3.8, 4) is 45.3 Å². The number of ketones is 2. The number of aromatic nitrogens is 4. The van der Waals surface area contributed by atoms with E-state index in [1.54, 1.807) is 48.9 Å². The molecule has 77 heavy (non-hydrogen) atoms. The summed E-state index contributed by atoms with van der Waals surface area (Å²) < 4.78 is 26.2. The molecule has 17 nitrogen and oxygen atoms in total. The predicted molar refractivity (Wildman–Crippen MR) is 284 cm³/mol. The van der Waals surface area contributed by atoms with Gasteiger partial charge in [0.2, 0.25) is 11.6 Å². The summed E-state index contributed by atoms with van der Waals surface area (Å²) in [5.74, 6) is 0.438. The molecule has 6 aliphatic rings. The Kier molecular flexibility index (Phi) is 12.7. The van der Waals surface area contributed by atoms with Gasteiger partial charge in [-0.2, -0.15) is 0 Å². The van der Waals surface area contributed by atoms with Gasteiger partial charge in [0.15, 0.2) is 18.7 Å². The van der Waals surface area contributed by atoms with Gasteiger partial charge >= 0.3 is 0 Å². The monoisotopic (exact) mass is 1030 g/mol. The number of carbonyl (C=O) groups is 5. The summed E-state index contributed by atoms with van der Waals surface area (Å²) in [6.45, 7) is 2.69. The van der Waals surface area contributed by atoms with Crippen LogP contribution in [-0.4, -0.2) is 126 Å². The molecule has 10 heterocycles. The number of aldehydes is 1. The van der Waals surface area contributed by atoms with Gasteiger partial charge in [-0.05, 0) is 115 Å².